The Bertz CT molecular complexity index is 646. The Balaban J connectivity index is 2.17. The summed E-state index contributed by atoms with van der Waals surface area (Å²) in [7, 11) is 0. The predicted molar refractivity (Wildman–Crippen MR) is 83.8 cm³/mol. The third kappa shape index (κ3) is 4.12. The molecule has 0 saturated carbocycles. The van der Waals surface area contributed by atoms with Gasteiger partial charge in [-0.1, -0.05) is 18.2 Å². The highest BCUT2D eigenvalue weighted by atomic mass is 79.9. The van der Waals surface area contributed by atoms with E-state index in [0.717, 1.165) is 5.56 Å². The average Bonchev–Trinajstić information content (AvgIpc) is 2.49. The van der Waals surface area contributed by atoms with E-state index in [0.29, 0.717) is 23.4 Å². The monoisotopic (exact) mass is 351 g/mol. The maximum Gasteiger partial charge on any atom is 0.255 e. The summed E-state index contributed by atoms with van der Waals surface area (Å²) < 4.78 is 19.2. The summed E-state index contributed by atoms with van der Waals surface area (Å²) in [6.45, 7) is 2.92. The lowest BCUT2D eigenvalue weighted by Gasteiger charge is -2.11. The summed E-state index contributed by atoms with van der Waals surface area (Å²) in [6, 6.07) is 11.7. The minimum atomic E-state index is -0.467. The van der Waals surface area contributed by atoms with Crippen LogP contribution in [0.25, 0.3) is 0 Å². The average molecular weight is 352 g/mol. The number of hydrogen-bond donors (Lipinski definition) is 1. The molecule has 0 atom stereocenters. The standard InChI is InChI=1S/C16H15BrFNO2/c1-2-21-10-12-5-3-4-6-15(12)19-16(20)11-7-8-13(17)14(18)9-11/h3-9H,2,10H2,1H3,(H,19,20). The van der Waals surface area contributed by atoms with Crippen molar-refractivity contribution in [3.8, 4) is 0 Å². The number of anilines is 1. The number of benzene rings is 2. The van der Waals surface area contributed by atoms with Crippen molar-refractivity contribution >= 4 is 27.5 Å². The van der Waals surface area contributed by atoms with Crippen LogP contribution in [0.15, 0.2) is 46.9 Å². The van der Waals surface area contributed by atoms with Crippen LogP contribution >= 0.6 is 15.9 Å². The summed E-state index contributed by atoms with van der Waals surface area (Å²) in [5.41, 5.74) is 1.81. The number of nitrogens with one attached hydrogen (secondary N) is 1. The second kappa shape index (κ2) is 7.33. The van der Waals surface area contributed by atoms with Gasteiger partial charge >= 0.3 is 0 Å². The molecular formula is C16H15BrFNO2. The fourth-order valence-electron chi connectivity index (χ4n) is 1.81. The first-order valence-corrected chi connectivity index (χ1v) is 7.33. The molecule has 2 rings (SSSR count). The molecule has 0 bridgehead atoms. The predicted octanol–water partition coefficient (Wildman–Crippen LogP) is 4.38. The molecule has 0 heterocycles. The van der Waals surface area contributed by atoms with Crippen molar-refractivity contribution in [2.24, 2.45) is 0 Å². The van der Waals surface area contributed by atoms with Crippen molar-refractivity contribution in [1.82, 2.24) is 0 Å². The Hall–Kier alpha value is -1.72. The molecule has 0 aromatic heterocycles. The molecule has 5 heteroatoms. The Morgan fingerprint density at radius 2 is 2.05 bits per heavy atom. The summed E-state index contributed by atoms with van der Waals surface area (Å²) in [4.78, 5) is 12.2. The number of ether oxygens (including phenoxy) is 1. The molecule has 1 N–H and O–H groups in total. The van der Waals surface area contributed by atoms with Gasteiger partial charge in [0.25, 0.3) is 5.91 Å². The van der Waals surface area contributed by atoms with Gasteiger partial charge in [-0.2, -0.15) is 0 Å². The molecule has 0 spiro atoms. The van der Waals surface area contributed by atoms with Gasteiger partial charge in [0, 0.05) is 23.4 Å². The lowest BCUT2D eigenvalue weighted by atomic mass is 10.1. The lowest BCUT2D eigenvalue weighted by molar-refractivity contribution is 0.102. The number of carbonyl (C=O) groups excluding carboxylic acids is 1. The van der Waals surface area contributed by atoms with Crippen LogP contribution < -0.4 is 5.32 Å². The smallest absolute Gasteiger partial charge is 0.255 e. The van der Waals surface area contributed by atoms with E-state index < -0.39 is 5.82 Å². The quantitative estimate of drug-likeness (QED) is 0.868. The maximum atomic E-state index is 13.5. The van der Waals surface area contributed by atoms with Crippen molar-refractivity contribution in [3.05, 3.63) is 63.9 Å². The fourth-order valence-corrected chi connectivity index (χ4v) is 2.06. The van der Waals surface area contributed by atoms with Crippen LogP contribution in [0.3, 0.4) is 0 Å². The summed E-state index contributed by atoms with van der Waals surface area (Å²) >= 11 is 3.06. The highest BCUT2D eigenvalue weighted by Crippen LogP contribution is 2.20. The van der Waals surface area contributed by atoms with Gasteiger partial charge in [-0.15, -0.1) is 0 Å². The van der Waals surface area contributed by atoms with Crippen LogP contribution in [0, 0.1) is 5.82 Å². The highest BCUT2D eigenvalue weighted by molar-refractivity contribution is 9.10. The molecule has 0 fully saturated rings. The molecule has 0 aliphatic heterocycles. The van der Waals surface area contributed by atoms with E-state index in [2.05, 4.69) is 21.2 Å². The zero-order valence-electron chi connectivity index (χ0n) is 11.5. The maximum absolute atomic E-state index is 13.5. The Labute approximate surface area is 131 Å². The first-order valence-electron chi connectivity index (χ1n) is 6.54. The van der Waals surface area contributed by atoms with Crippen LogP contribution in [0.5, 0.6) is 0 Å². The molecule has 1 amide bonds. The van der Waals surface area contributed by atoms with Gasteiger partial charge in [0.15, 0.2) is 0 Å². The summed E-state index contributed by atoms with van der Waals surface area (Å²) in [5, 5.41) is 2.78. The summed E-state index contributed by atoms with van der Waals surface area (Å²) in [5.74, 6) is -0.824. The van der Waals surface area contributed by atoms with Crippen LogP contribution in [0.2, 0.25) is 0 Å². The van der Waals surface area contributed by atoms with Crippen molar-refractivity contribution in [1.29, 1.82) is 0 Å². The minimum absolute atomic E-state index is 0.266. The van der Waals surface area contributed by atoms with E-state index in [9.17, 15) is 9.18 Å². The van der Waals surface area contributed by atoms with Crippen molar-refractivity contribution in [2.75, 3.05) is 11.9 Å². The largest absolute Gasteiger partial charge is 0.377 e. The first-order chi connectivity index (χ1) is 10.1. The second-order valence-corrected chi connectivity index (χ2v) is 5.23. The van der Waals surface area contributed by atoms with Crippen molar-refractivity contribution in [3.63, 3.8) is 0 Å². The molecule has 2 aromatic carbocycles. The van der Waals surface area contributed by atoms with Crippen LogP contribution in [0.1, 0.15) is 22.8 Å². The highest BCUT2D eigenvalue weighted by Gasteiger charge is 2.11. The van der Waals surface area contributed by atoms with Gasteiger partial charge in [-0.3, -0.25) is 4.79 Å². The zero-order valence-corrected chi connectivity index (χ0v) is 13.1. The molecule has 2 aromatic rings. The van der Waals surface area contributed by atoms with Gasteiger partial charge in [-0.05, 0) is 47.1 Å². The molecule has 0 unspecified atom stereocenters. The first kappa shape index (κ1) is 15.7. The Morgan fingerprint density at radius 1 is 1.29 bits per heavy atom. The van der Waals surface area contributed by atoms with Gasteiger partial charge < -0.3 is 10.1 Å². The van der Waals surface area contributed by atoms with Gasteiger partial charge in [0.2, 0.25) is 0 Å². The van der Waals surface area contributed by atoms with Crippen LogP contribution in [-0.2, 0) is 11.3 Å². The molecular weight excluding hydrogens is 337 g/mol. The molecule has 0 saturated heterocycles. The number of hydrogen-bond acceptors (Lipinski definition) is 2. The van der Waals surface area contributed by atoms with E-state index in [1.807, 2.05) is 25.1 Å². The molecule has 0 radical (unpaired) electrons. The topological polar surface area (TPSA) is 38.3 Å². The third-order valence-electron chi connectivity index (χ3n) is 2.91. The zero-order chi connectivity index (χ0) is 15.2. The second-order valence-electron chi connectivity index (χ2n) is 4.38. The minimum Gasteiger partial charge on any atom is -0.377 e. The van der Waals surface area contributed by atoms with Gasteiger partial charge in [0.05, 0.1) is 11.1 Å². The van der Waals surface area contributed by atoms with Crippen LogP contribution in [0.4, 0.5) is 10.1 Å². The molecule has 21 heavy (non-hydrogen) atoms. The Morgan fingerprint density at radius 3 is 2.76 bits per heavy atom. The number of amides is 1. The SMILES string of the molecule is CCOCc1ccccc1NC(=O)c1ccc(Br)c(F)c1. The third-order valence-corrected chi connectivity index (χ3v) is 3.55. The number of carbonyl (C=O) groups is 1. The van der Waals surface area contributed by atoms with Gasteiger partial charge in [0.1, 0.15) is 5.82 Å². The number of rotatable bonds is 5. The van der Waals surface area contributed by atoms with E-state index in [4.69, 9.17) is 4.74 Å². The fraction of sp³-hybridized carbons (Fsp3) is 0.188. The number of halogens is 2. The van der Waals surface area contributed by atoms with Crippen molar-refractivity contribution < 1.29 is 13.9 Å². The van der Waals surface area contributed by atoms with Crippen LogP contribution in [-0.4, -0.2) is 12.5 Å². The number of para-hydroxylation sites is 1. The molecule has 0 aliphatic rings. The van der Waals surface area contributed by atoms with Gasteiger partial charge in [-0.25, -0.2) is 4.39 Å². The van der Waals surface area contributed by atoms with E-state index in [1.54, 1.807) is 12.1 Å². The molecule has 3 nitrogen and oxygen atoms in total. The Kier molecular flexibility index (Phi) is 5.47. The molecule has 110 valence electrons. The van der Waals surface area contributed by atoms with E-state index in [1.165, 1.54) is 12.1 Å². The molecule has 0 aliphatic carbocycles. The van der Waals surface area contributed by atoms with Crippen molar-refractivity contribution in [2.45, 2.75) is 13.5 Å². The van der Waals surface area contributed by atoms with E-state index >= 15 is 0 Å². The lowest BCUT2D eigenvalue weighted by Crippen LogP contribution is -2.14. The summed E-state index contributed by atoms with van der Waals surface area (Å²) in [6.07, 6.45) is 0. The normalized spacial score (nSPS) is 10.4. The van der Waals surface area contributed by atoms with E-state index in [-0.39, 0.29) is 11.5 Å².